The van der Waals surface area contributed by atoms with E-state index in [-0.39, 0.29) is 0 Å². The predicted molar refractivity (Wildman–Crippen MR) is 93.4 cm³/mol. The van der Waals surface area contributed by atoms with E-state index >= 15 is 0 Å². The number of hydrogen-bond acceptors (Lipinski definition) is 5. The molecule has 0 saturated carbocycles. The summed E-state index contributed by atoms with van der Waals surface area (Å²) in [5.74, 6) is 2.15. The third-order valence-electron chi connectivity index (χ3n) is 4.78. The van der Waals surface area contributed by atoms with Crippen molar-refractivity contribution >= 4 is 0 Å². The van der Waals surface area contributed by atoms with Crippen LogP contribution >= 0.6 is 0 Å². The van der Waals surface area contributed by atoms with E-state index in [1.54, 1.807) is 20.4 Å². The van der Waals surface area contributed by atoms with E-state index in [9.17, 15) is 0 Å². The summed E-state index contributed by atoms with van der Waals surface area (Å²) in [5, 5.41) is 0. The Labute approximate surface area is 143 Å². The van der Waals surface area contributed by atoms with Crippen LogP contribution in [-0.4, -0.2) is 42.2 Å². The van der Waals surface area contributed by atoms with Crippen LogP contribution in [0.2, 0.25) is 0 Å². The van der Waals surface area contributed by atoms with Crippen LogP contribution in [0.4, 0.5) is 0 Å². The van der Waals surface area contributed by atoms with Gasteiger partial charge in [0, 0.05) is 24.8 Å². The molecule has 0 aliphatic carbocycles. The fourth-order valence-corrected chi connectivity index (χ4v) is 3.37. The maximum Gasteiger partial charge on any atom is 0.213 e. The van der Waals surface area contributed by atoms with Gasteiger partial charge < -0.3 is 9.47 Å². The Hall–Kier alpha value is -2.14. The van der Waals surface area contributed by atoms with Gasteiger partial charge in [0.2, 0.25) is 5.88 Å². The first kappa shape index (κ1) is 16.7. The lowest BCUT2D eigenvalue weighted by molar-refractivity contribution is 0.246. The molecule has 3 rings (SSSR count). The summed E-state index contributed by atoms with van der Waals surface area (Å²) >= 11 is 0. The van der Waals surface area contributed by atoms with Gasteiger partial charge in [0.05, 0.1) is 26.1 Å². The van der Waals surface area contributed by atoms with Crippen molar-refractivity contribution in [3.05, 3.63) is 47.9 Å². The van der Waals surface area contributed by atoms with Gasteiger partial charge in [-0.15, -0.1) is 0 Å². The van der Waals surface area contributed by atoms with E-state index in [1.165, 1.54) is 12.0 Å². The fraction of sp³-hybridized carbons (Fsp3) is 0.474. The van der Waals surface area contributed by atoms with E-state index in [2.05, 4.69) is 33.9 Å². The highest BCUT2D eigenvalue weighted by Crippen LogP contribution is 2.29. The Morgan fingerprint density at radius 1 is 1.25 bits per heavy atom. The minimum absolute atomic E-state index is 0.300. The minimum atomic E-state index is 0.300. The number of pyridine rings is 2. The topological polar surface area (TPSA) is 47.5 Å². The molecule has 1 unspecified atom stereocenters. The second kappa shape index (κ2) is 7.62. The molecule has 0 bridgehead atoms. The zero-order valence-electron chi connectivity index (χ0n) is 14.6. The molecule has 5 heteroatoms. The van der Waals surface area contributed by atoms with Gasteiger partial charge in [-0.25, -0.2) is 4.98 Å². The molecule has 1 aliphatic rings. The number of nitrogens with zero attached hydrogens (tertiary/aromatic N) is 3. The van der Waals surface area contributed by atoms with Gasteiger partial charge in [-0.2, -0.15) is 0 Å². The Balaban J connectivity index is 1.61. The summed E-state index contributed by atoms with van der Waals surface area (Å²) in [7, 11) is 3.34. The maximum absolute atomic E-state index is 5.27. The molecule has 1 fully saturated rings. The Bertz CT molecular complexity index is 677. The quantitative estimate of drug-likeness (QED) is 0.816. The van der Waals surface area contributed by atoms with E-state index in [0.29, 0.717) is 17.8 Å². The van der Waals surface area contributed by atoms with E-state index < -0.39 is 0 Å². The fourth-order valence-electron chi connectivity index (χ4n) is 3.37. The zero-order valence-corrected chi connectivity index (χ0v) is 14.6. The second-order valence-corrected chi connectivity index (χ2v) is 6.37. The molecular formula is C19H25N3O2. The van der Waals surface area contributed by atoms with Gasteiger partial charge in [0.25, 0.3) is 0 Å². The first-order valence-corrected chi connectivity index (χ1v) is 8.42. The highest BCUT2D eigenvalue weighted by molar-refractivity contribution is 5.24. The standard InChI is InChI=1S/C19H25N3O2/c1-14(18-5-4-6-19(21-18)24-3)22-8-7-15(13-22)9-16-10-17(23-2)12-20-11-16/h4-6,10-12,14-15H,7-9,13H2,1-3H3/t14?,15-/m1/s1. The van der Waals surface area contributed by atoms with Crippen LogP contribution in [0.15, 0.2) is 36.7 Å². The lowest BCUT2D eigenvalue weighted by Crippen LogP contribution is -2.25. The third kappa shape index (κ3) is 3.85. The number of methoxy groups -OCH3 is 2. The van der Waals surface area contributed by atoms with Gasteiger partial charge >= 0.3 is 0 Å². The first-order valence-electron chi connectivity index (χ1n) is 8.42. The molecule has 0 radical (unpaired) electrons. The highest BCUT2D eigenvalue weighted by atomic mass is 16.5. The SMILES string of the molecule is COc1cncc(C[C@H]2CCN(C(C)c3cccc(OC)n3)C2)c1. The molecule has 24 heavy (non-hydrogen) atoms. The van der Waals surface area contributed by atoms with Crippen LogP contribution < -0.4 is 9.47 Å². The maximum atomic E-state index is 5.27. The number of aromatic nitrogens is 2. The molecule has 2 aromatic rings. The van der Waals surface area contributed by atoms with Crippen LogP contribution in [0.25, 0.3) is 0 Å². The van der Waals surface area contributed by atoms with Gasteiger partial charge in [0.15, 0.2) is 0 Å². The third-order valence-corrected chi connectivity index (χ3v) is 4.78. The van der Waals surface area contributed by atoms with Crippen molar-refractivity contribution in [3.8, 4) is 11.6 Å². The molecule has 0 amide bonds. The smallest absolute Gasteiger partial charge is 0.213 e. The molecule has 2 aromatic heterocycles. The Kier molecular flexibility index (Phi) is 5.30. The van der Waals surface area contributed by atoms with Crippen LogP contribution in [0.5, 0.6) is 11.6 Å². The molecule has 5 nitrogen and oxygen atoms in total. The summed E-state index contributed by atoms with van der Waals surface area (Å²) < 4.78 is 10.5. The Morgan fingerprint density at radius 3 is 2.92 bits per heavy atom. The largest absolute Gasteiger partial charge is 0.495 e. The Morgan fingerprint density at radius 2 is 2.12 bits per heavy atom. The van der Waals surface area contributed by atoms with Gasteiger partial charge in [-0.05, 0) is 49.9 Å². The molecule has 0 aromatic carbocycles. The van der Waals surface area contributed by atoms with Crippen LogP contribution in [0, 0.1) is 5.92 Å². The molecule has 0 N–H and O–H groups in total. The number of likely N-dealkylation sites (tertiary alicyclic amines) is 1. The molecular weight excluding hydrogens is 302 g/mol. The van der Waals surface area contributed by atoms with Crippen molar-refractivity contribution in [2.75, 3.05) is 27.3 Å². The molecule has 1 aliphatic heterocycles. The summed E-state index contributed by atoms with van der Waals surface area (Å²) in [6, 6.07) is 8.36. The van der Waals surface area contributed by atoms with Crippen molar-refractivity contribution in [2.24, 2.45) is 5.92 Å². The van der Waals surface area contributed by atoms with Crippen LogP contribution in [0.3, 0.4) is 0 Å². The minimum Gasteiger partial charge on any atom is -0.495 e. The van der Waals surface area contributed by atoms with E-state index in [4.69, 9.17) is 9.47 Å². The summed E-state index contributed by atoms with van der Waals surface area (Å²) in [4.78, 5) is 11.3. The lowest BCUT2D eigenvalue weighted by Gasteiger charge is -2.24. The highest BCUT2D eigenvalue weighted by Gasteiger charge is 2.27. The molecule has 3 heterocycles. The van der Waals surface area contributed by atoms with E-state index in [1.807, 2.05) is 18.3 Å². The van der Waals surface area contributed by atoms with Gasteiger partial charge in [-0.3, -0.25) is 9.88 Å². The lowest BCUT2D eigenvalue weighted by atomic mass is 10.00. The molecule has 128 valence electrons. The van der Waals surface area contributed by atoms with Gasteiger partial charge in [-0.1, -0.05) is 6.07 Å². The number of hydrogen-bond donors (Lipinski definition) is 0. The summed E-state index contributed by atoms with van der Waals surface area (Å²) in [5.41, 5.74) is 2.31. The van der Waals surface area contributed by atoms with Crippen molar-refractivity contribution in [1.29, 1.82) is 0 Å². The average molecular weight is 327 g/mol. The number of rotatable bonds is 6. The molecule has 1 saturated heterocycles. The normalized spacial score (nSPS) is 19.2. The molecule has 2 atom stereocenters. The van der Waals surface area contributed by atoms with Crippen molar-refractivity contribution in [1.82, 2.24) is 14.9 Å². The van der Waals surface area contributed by atoms with Crippen molar-refractivity contribution in [3.63, 3.8) is 0 Å². The number of ether oxygens (including phenoxy) is 2. The van der Waals surface area contributed by atoms with Gasteiger partial charge in [0.1, 0.15) is 5.75 Å². The predicted octanol–water partition coefficient (Wildman–Crippen LogP) is 3.12. The monoisotopic (exact) mass is 327 g/mol. The average Bonchev–Trinajstić information content (AvgIpc) is 3.09. The van der Waals surface area contributed by atoms with Crippen molar-refractivity contribution in [2.45, 2.75) is 25.8 Å². The zero-order chi connectivity index (χ0) is 16.9. The second-order valence-electron chi connectivity index (χ2n) is 6.37. The first-order chi connectivity index (χ1) is 11.7. The molecule has 0 spiro atoms. The summed E-state index contributed by atoms with van der Waals surface area (Å²) in [6.45, 7) is 4.40. The van der Waals surface area contributed by atoms with E-state index in [0.717, 1.165) is 31.0 Å². The summed E-state index contributed by atoms with van der Waals surface area (Å²) in [6.07, 6.45) is 5.93. The van der Waals surface area contributed by atoms with Crippen LogP contribution in [-0.2, 0) is 6.42 Å². The van der Waals surface area contributed by atoms with Crippen LogP contribution in [0.1, 0.15) is 30.6 Å². The van der Waals surface area contributed by atoms with Crippen molar-refractivity contribution < 1.29 is 9.47 Å².